The van der Waals surface area contributed by atoms with Gasteiger partial charge in [-0.25, -0.2) is 9.18 Å². The van der Waals surface area contributed by atoms with Gasteiger partial charge in [0.1, 0.15) is 11.4 Å². The van der Waals surface area contributed by atoms with Crippen LogP contribution in [0.4, 0.5) is 9.18 Å². The number of imide groups is 1. The third-order valence-corrected chi connectivity index (χ3v) is 5.31. The Labute approximate surface area is 161 Å². The molecule has 2 fully saturated rings. The highest BCUT2D eigenvalue weighted by Crippen LogP contribution is 2.37. The van der Waals surface area contributed by atoms with Crippen molar-refractivity contribution in [2.24, 2.45) is 5.92 Å². The zero-order chi connectivity index (χ0) is 20.1. The van der Waals surface area contributed by atoms with Crippen LogP contribution in [0.15, 0.2) is 24.3 Å². The zero-order valence-corrected chi connectivity index (χ0v) is 15.3. The van der Waals surface area contributed by atoms with Crippen molar-refractivity contribution in [2.75, 3.05) is 13.1 Å². The second-order valence-corrected chi connectivity index (χ2v) is 7.14. The molecule has 1 saturated carbocycles. The Bertz CT molecular complexity index is 783. The Balaban J connectivity index is 1.37. The van der Waals surface area contributed by atoms with E-state index in [1.165, 1.54) is 24.3 Å². The predicted octanol–water partition coefficient (Wildman–Crippen LogP) is 0.830. The summed E-state index contributed by atoms with van der Waals surface area (Å²) in [6.45, 7) is 0.629. The van der Waals surface area contributed by atoms with E-state index < -0.39 is 17.4 Å². The number of carbonyl (C=O) groups is 4. The minimum absolute atomic E-state index is 0.138. The summed E-state index contributed by atoms with van der Waals surface area (Å²) in [5.41, 5.74) is -0.553. The minimum Gasteiger partial charge on any atom is -0.356 e. The molecule has 1 heterocycles. The molecule has 1 aromatic rings. The molecular weight excluding hydrogens is 367 g/mol. The van der Waals surface area contributed by atoms with Crippen LogP contribution >= 0.6 is 0 Å². The summed E-state index contributed by atoms with van der Waals surface area (Å²) in [4.78, 5) is 47.5. The van der Waals surface area contributed by atoms with Crippen molar-refractivity contribution in [3.8, 4) is 0 Å². The molecule has 1 spiro atoms. The molecule has 2 atom stereocenters. The molecule has 1 saturated heterocycles. The maximum atomic E-state index is 12.8. The van der Waals surface area contributed by atoms with E-state index >= 15 is 0 Å². The van der Waals surface area contributed by atoms with Crippen molar-refractivity contribution in [1.29, 1.82) is 0 Å². The van der Waals surface area contributed by atoms with E-state index in [2.05, 4.69) is 21.3 Å². The maximum Gasteiger partial charge on any atom is 0.322 e. The Morgan fingerprint density at radius 2 is 1.93 bits per heavy atom. The van der Waals surface area contributed by atoms with Crippen LogP contribution in [0.1, 0.15) is 42.5 Å². The molecule has 1 aromatic carbocycles. The highest BCUT2D eigenvalue weighted by molar-refractivity contribution is 6.07. The summed E-state index contributed by atoms with van der Waals surface area (Å²) in [5.74, 6) is -1.37. The Kier molecular flexibility index (Phi) is 5.91. The van der Waals surface area contributed by atoms with Gasteiger partial charge in [-0.2, -0.15) is 0 Å². The van der Waals surface area contributed by atoms with Crippen molar-refractivity contribution in [1.82, 2.24) is 21.3 Å². The first-order valence-corrected chi connectivity index (χ1v) is 9.35. The van der Waals surface area contributed by atoms with E-state index in [0.717, 1.165) is 12.8 Å². The van der Waals surface area contributed by atoms with Crippen LogP contribution in [0.2, 0.25) is 0 Å². The van der Waals surface area contributed by atoms with Gasteiger partial charge in [0.2, 0.25) is 5.91 Å². The molecule has 9 heteroatoms. The number of hydrogen-bond donors (Lipinski definition) is 4. The van der Waals surface area contributed by atoms with Gasteiger partial charge in [0.25, 0.3) is 11.8 Å². The lowest BCUT2D eigenvalue weighted by Gasteiger charge is -2.28. The number of halogens is 1. The summed E-state index contributed by atoms with van der Waals surface area (Å²) in [5, 5.41) is 10.5. The lowest BCUT2D eigenvalue weighted by Crippen LogP contribution is -2.53. The van der Waals surface area contributed by atoms with E-state index in [4.69, 9.17) is 0 Å². The van der Waals surface area contributed by atoms with Gasteiger partial charge in [-0.15, -0.1) is 0 Å². The van der Waals surface area contributed by atoms with Crippen LogP contribution < -0.4 is 21.3 Å². The average Bonchev–Trinajstić information content (AvgIpc) is 3.20. The van der Waals surface area contributed by atoms with Crippen molar-refractivity contribution >= 4 is 23.8 Å². The molecule has 3 rings (SSSR count). The van der Waals surface area contributed by atoms with Crippen LogP contribution in [0.3, 0.4) is 0 Å². The topological polar surface area (TPSA) is 116 Å². The third-order valence-electron chi connectivity index (χ3n) is 5.31. The number of nitrogens with one attached hydrogen (secondary N) is 4. The molecule has 1 aliphatic heterocycles. The zero-order valence-electron chi connectivity index (χ0n) is 15.3. The summed E-state index contributed by atoms with van der Waals surface area (Å²) < 4.78 is 12.8. The summed E-state index contributed by atoms with van der Waals surface area (Å²) >= 11 is 0. The van der Waals surface area contributed by atoms with Gasteiger partial charge in [-0.3, -0.25) is 19.7 Å². The molecule has 1 aliphatic carbocycles. The fourth-order valence-corrected chi connectivity index (χ4v) is 3.80. The van der Waals surface area contributed by atoms with E-state index in [-0.39, 0.29) is 30.1 Å². The van der Waals surface area contributed by atoms with Gasteiger partial charge in [0.15, 0.2) is 0 Å². The first kappa shape index (κ1) is 19.8. The predicted molar refractivity (Wildman–Crippen MR) is 97.7 cm³/mol. The Hall–Kier alpha value is -2.97. The van der Waals surface area contributed by atoms with Crippen LogP contribution in [-0.4, -0.2) is 42.4 Å². The second-order valence-electron chi connectivity index (χ2n) is 7.14. The normalized spacial score (nSPS) is 23.4. The van der Waals surface area contributed by atoms with Gasteiger partial charge < -0.3 is 16.0 Å². The molecule has 0 bridgehead atoms. The third kappa shape index (κ3) is 4.29. The van der Waals surface area contributed by atoms with Crippen LogP contribution in [-0.2, 0) is 9.59 Å². The standard InChI is InChI=1S/C19H23FN4O4/c20-14-7-5-12(6-8-14)16(26)21-10-2-4-15(25)22-11-13-3-1-9-19(13)17(27)23-18(28)24-19/h5-8,13H,1-4,9-11H2,(H,21,26)(H,22,25)(H2,23,24,27,28)/t13-,19-/m1/s1. The number of urea groups is 1. The Morgan fingerprint density at radius 3 is 2.61 bits per heavy atom. The number of carbonyl (C=O) groups excluding carboxylic acids is 4. The molecule has 28 heavy (non-hydrogen) atoms. The molecule has 2 aliphatic rings. The highest BCUT2D eigenvalue weighted by atomic mass is 19.1. The Morgan fingerprint density at radius 1 is 1.18 bits per heavy atom. The van der Waals surface area contributed by atoms with Gasteiger partial charge in [0, 0.05) is 31.0 Å². The van der Waals surface area contributed by atoms with Crippen molar-refractivity contribution in [2.45, 2.75) is 37.6 Å². The fourth-order valence-electron chi connectivity index (χ4n) is 3.80. The first-order valence-electron chi connectivity index (χ1n) is 9.35. The number of benzene rings is 1. The van der Waals surface area contributed by atoms with Crippen molar-refractivity contribution < 1.29 is 23.6 Å². The van der Waals surface area contributed by atoms with E-state index in [9.17, 15) is 23.6 Å². The molecule has 150 valence electrons. The smallest absolute Gasteiger partial charge is 0.322 e. The van der Waals surface area contributed by atoms with Crippen molar-refractivity contribution in [3.63, 3.8) is 0 Å². The molecular formula is C19H23FN4O4. The van der Waals surface area contributed by atoms with Gasteiger partial charge in [0.05, 0.1) is 0 Å². The van der Waals surface area contributed by atoms with Gasteiger partial charge >= 0.3 is 6.03 Å². The minimum atomic E-state index is -0.909. The SMILES string of the molecule is O=C(CCCNC(=O)c1ccc(F)cc1)NC[C@H]1CCC[C@@]12NC(=O)NC2=O. The quantitative estimate of drug-likeness (QED) is 0.408. The van der Waals surface area contributed by atoms with Crippen LogP contribution in [0, 0.1) is 11.7 Å². The molecule has 8 nitrogen and oxygen atoms in total. The fraction of sp³-hybridized carbons (Fsp3) is 0.474. The highest BCUT2D eigenvalue weighted by Gasteiger charge is 2.54. The number of hydrogen-bond acceptors (Lipinski definition) is 4. The average molecular weight is 390 g/mol. The monoisotopic (exact) mass is 390 g/mol. The van der Waals surface area contributed by atoms with E-state index in [0.29, 0.717) is 31.5 Å². The molecule has 4 N–H and O–H groups in total. The molecule has 5 amide bonds. The van der Waals surface area contributed by atoms with Gasteiger partial charge in [-0.05, 0) is 43.5 Å². The molecule has 0 aromatic heterocycles. The largest absolute Gasteiger partial charge is 0.356 e. The molecule has 0 radical (unpaired) electrons. The van der Waals surface area contributed by atoms with Crippen LogP contribution in [0.5, 0.6) is 0 Å². The number of rotatable bonds is 7. The van der Waals surface area contributed by atoms with Crippen LogP contribution in [0.25, 0.3) is 0 Å². The maximum absolute atomic E-state index is 12.8. The summed E-state index contributed by atoms with van der Waals surface area (Å²) in [6, 6.07) is 4.73. The van der Waals surface area contributed by atoms with E-state index in [1.54, 1.807) is 0 Å². The van der Waals surface area contributed by atoms with Gasteiger partial charge in [-0.1, -0.05) is 6.42 Å². The summed E-state index contributed by atoms with van der Waals surface area (Å²) in [6.07, 6.45) is 2.81. The first-order chi connectivity index (χ1) is 13.4. The van der Waals surface area contributed by atoms with Crippen molar-refractivity contribution in [3.05, 3.63) is 35.6 Å². The lowest BCUT2D eigenvalue weighted by molar-refractivity contribution is -0.126. The lowest BCUT2D eigenvalue weighted by atomic mass is 9.87. The summed E-state index contributed by atoms with van der Waals surface area (Å²) in [7, 11) is 0. The number of amides is 5. The molecule has 0 unspecified atom stereocenters. The second kappa shape index (κ2) is 8.37. The van der Waals surface area contributed by atoms with E-state index in [1.807, 2.05) is 0 Å².